The molecular weight excluding hydrogens is 315 g/mol. The molecule has 1 atom stereocenters. The first-order valence-corrected chi connectivity index (χ1v) is 6.92. The SMILES string of the molecule is COc1ccc(C(C)NC(=O)CCOCC(F)(F)F)cc1OC. The maximum Gasteiger partial charge on any atom is 0.411 e. The molecule has 0 saturated carbocycles. The van der Waals surface area contributed by atoms with Crippen LogP contribution in [0.3, 0.4) is 0 Å². The zero-order valence-electron chi connectivity index (χ0n) is 13.2. The van der Waals surface area contributed by atoms with Crippen molar-refractivity contribution in [3.63, 3.8) is 0 Å². The molecule has 1 aromatic rings. The van der Waals surface area contributed by atoms with Gasteiger partial charge >= 0.3 is 6.18 Å². The molecule has 130 valence electrons. The monoisotopic (exact) mass is 335 g/mol. The number of hydrogen-bond donors (Lipinski definition) is 1. The van der Waals surface area contributed by atoms with Crippen molar-refractivity contribution in [1.29, 1.82) is 0 Å². The number of methoxy groups -OCH3 is 2. The molecule has 23 heavy (non-hydrogen) atoms. The first-order chi connectivity index (χ1) is 10.8. The van der Waals surface area contributed by atoms with E-state index in [2.05, 4.69) is 10.1 Å². The summed E-state index contributed by atoms with van der Waals surface area (Å²) in [5.41, 5.74) is 0.784. The number of nitrogens with one attached hydrogen (secondary N) is 1. The van der Waals surface area contributed by atoms with E-state index >= 15 is 0 Å². The molecule has 1 aromatic carbocycles. The Hall–Kier alpha value is -1.96. The van der Waals surface area contributed by atoms with Crippen molar-refractivity contribution >= 4 is 5.91 Å². The van der Waals surface area contributed by atoms with Crippen molar-refractivity contribution in [2.24, 2.45) is 0 Å². The van der Waals surface area contributed by atoms with E-state index in [1.54, 1.807) is 25.1 Å². The third-order valence-electron chi connectivity index (χ3n) is 3.02. The van der Waals surface area contributed by atoms with Crippen LogP contribution in [0.4, 0.5) is 13.2 Å². The lowest BCUT2D eigenvalue weighted by atomic mass is 10.1. The molecule has 0 fully saturated rings. The second-order valence-electron chi connectivity index (χ2n) is 4.82. The van der Waals surface area contributed by atoms with Crippen LogP contribution in [0.15, 0.2) is 18.2 Å². The summed E-state index contributed by atoms with van der Waals surface area (Å²) in [5, 5.41) is 2.69. The number of halogens is 3. The maximum absolute atomic E-state index is 11.9. The summed E-state index contributed by atoms with van der Waals surface area (Å²) in [5.74, 6) is 0.699. The highest BCUT2D eigenvalue weighted by Gasteiger charge is 2.27. The summed E-state index contributed by atoms with van der Waals surface area (Å²) in [7, 11) is 3.02. The lowest BCUT2D eigenvalue weighted by molar-refractivity contribution is -0.174. The number of benzene rings is 1. The van der Waals surface area contributed by atoms with E-state index in [9.17, 15) is 18.0 Å². The van der Waals surface area contributed by atoms with E-state index in [-0.39, 0.29) is 19.1 Å². The van der Waals surface area contributed by atoms with E-state index in [0.717, 1.165) is 5.56 Å². The fraction of sp³-hybridized carbons (Fsp3) is 0.533. The number of alkyl halides is 3. The number of amides is 1. The third-order valence-corrected chi connectivity index (χ3v) is 3.02. The van der Waals surface area contributed by atoms with E-state index < -0.39 is 18.7 Å². The summed E-state index contributed by atoms with van der Waals surface area (Å²) in [6.45, 7) is 0.116. The van der Waals surface area contributed by atoms with Crippen LogP contribution in [-0.2, 0) is 9.53 Å². The Morgan fingerprint density at radius 1 is 1.22 bits per heavy atom. The Bertz CT molecular complexity index is 520. The molecule has 0 spiro atoms. The van der Waals surface area contributed by atoms with Crippen molar-refractivity contribution in [3.05, 3.63) is 23.8 Å². The molecule has 0 heterocycles. The summed E-state index contributed by atoms with van der Waals surface area (Å²) in [4.78, 5) is 11.7. The Balaban J connectivity index is 2.49. The van der Waals surface area contributed by atoms with Gasteiger partial charge in [-0.25, -0.2) is 0 Å². The smallest absolute Gasteiger partial charge is 0.411 e. The van der Waals surface area contributed by atoms with Gasteiger partial charge in [0.05, 0.1) is 26.9 Å². The lowest BCUT2D eigenvalue weighted by Crippen LogP contribution is -2.28. The van der Waals surface area contributed by atoms with Crippen LogP contribution in [0.25, 0.3) is 0 Å². The first-order valence-electron chi connectivity index (χ1n) is 6.92. The Morgan fingerprint density at radius 2 is 1.87 bits per heavy atom. The van der Waals surface area contributed by atoms with Crippen LogP contribution >= 0.6 is 0 Å². The van der Waals surface area contributed by atoms with Crippen molar-refractivity contribution < 1.29 is 32.2 Å². The minimum Gasteiger partial charge on any atom is -0.493 e. The average Bonchev–Trinajstić information content (AvgIpc) is 2.49. The van der Waals surface area contributed by atoms with Crippen LogP contribution in [-0.4, -0.2) is 39.5 Å². The molecule has 5 nitrogen and oxygen atoms in total. The van der Waals surface area contributed by atoms with Gasteiger partial charge in [-0.2, -0.15) is 13.2 Å². The van der Waals surface area contributed by atoms with Crippen LogP contribution in [0.2, 0.25) is 0 Å². The molecule has 1 N–H and O–H groups in total. The topological polar surface area (TPSA) is 56.8 Å². The molecule has 0 aliphatic rings. The molecule has 0 aromatic heterocycles. The molecular formula is C15H20F3NO4. The number of carbonyl (C=O) groups excluding carboxylic acids is 1. The van der Waals surface area contributed by atoms with Crippen LogP contribution in [0, 0.1) is 0 Å². The van der Waals surface area contributed by atoms with Crippen molar-refractivity contribution in [2.75, 3.05) is 27.4 Å². The predicted molar refractivity (Wildman–Crippen MR) is 77.6 cm³/mol. The van der Waals surface area contributed by atoms with Gasteiger partial charge in [0.25, 0.3) is 0 Å². The number of rotatable bonds is 8. The quantitative estimate of drug-likeness (QED) is 0.742. The predicted octanol–water partition coefficient (Wildman–Crippen LogP) is 2.85. The maximum atomic E-state index is 11.9. The highest BCUT2D eigenvalue weighted by molar-refractivity contribution is 5.76. The van der Waals surface area contributed by atoms with Gasteiger partial charge in [-0.3, -0.25) is 4.79 Å². The van der Waals surface area contributed by atoms with Gasteiger partial charge in [0.2, 0.25) is 5.91 Å². The van der Waals surface area contributed by atoms with Crippen LogP contribution < -0.4 is 14.8 Å². The largest absolute Gasteiger partial charge is 0.493 e. The zero-order valence-corrected chi connectivity index (χ0v) is 13.2. The Morgan fingerprint density at radius 3 is 2.43 bits per heavy atom. The molecule has 1 amide bonds. The standard InChI is InChI=1S/C15H20F3NO4/c1-10(11-4-5-12(21-2)13(8-11)22-3)19-14(20)6-7-23-9-15(16,17)18/h4-5,8,10H,6-7,9H2,1-3H3,(H,19,20). The Kier molecular flexibility index (Phi) is 7.15. The molecule has 8 heteroatoms. The first kappa shape index (κ1) is 19.1. The molecule has 0 bridgehead atoms. The van der Waals surface area contributed by atoms with Crippen molar-refractivity contribution in [3.8, 4) is 11.5 Å². The minimum absolute atomic E-state index is 0.145. The number of carbonyl (C=O) groups is 1. The average molecular weight is 335 g/mol. The summed E-state index contributed by atoms with van der Waals surface area (Å²) in [6.07, 6.45) is -4.53. The number of hydrogen-bond acceptors (Lipinski definition) is 4. The van der Waals surface area contributed by atoms with Crippen LogP contribution in [0.1, 0.15) is 24.9 Å². The van der Waals surface area contributed by atoms with Crippen molar-refractivity contribution in [2.45, 2.75) is 25.6 Å². The van der Waals surface area contributed by atoms with Gasteiger partial charge in [0.1, 0.15) is 6.61 Å². The molecule has 0 aliphatic carbocycles. The zero-order chi connectivity index (χ0) is 17.5. The van der Waals surface area contributed by atoms with E-state index in [1.165, 1.54) is 14.2 Å². The highest BCUT2D eigenvalue weighted by Crippen LogP contribution is 2.29. The van der Waals surface area contributed by atoms with Gasteiger partial charge in [-0.05, 0) is 24.6 Å². The van der Waals surface area contributed by atoms with Gasteiger partial charge in [0.15, 0.2) is 11.5 Å². The van der Waals surface area contributed by atoms with E-state index in [1.807, 2.05) is 0 Å². The van der Waals surface area contributed by atoms with Gasteiger partial charge in [0, 0.05) is 6.42 Å². The molecule has 1 rings (SSSR count). The van der Waals surface area contributed by atoms with Crippen LogP contribution in [0.5, 0.6) is 11.5 Å². The fourth-order valence-corrected chi connectivity index (χ4v) is 1.87. The minimum atomic E-state index is -4.39. The molecule has 0 aliphatic heterocycles. The van der Waals surface area contributed by atoms with Gasteiger partial charge in [-0.15, -0.1) is 0 Å². The number of ether oxygens (including phenoxy) is 3. The van der Waals surface area contributed by atoms with E-state index in [0.29, 0.717) is 11.5 Å². The van der Waals surface area contributed by atoms with Gasteiger partial charge < -0.3 is 19.5 Å². The molecule has 1 unspecified atom stereocenters. The lowest BCUT2D eigenvalue weighted by Gasteiger charge is -2.16. The second kappa shape index (κ2) is 8.61. The third kappa shape index (κ3) is 6.77. The summed E-state index contributed by atoms with van der Waals surface area (Å²) >= 11 is 0. The van der Waals surface area contributed by atoms with E-state index in [4.69, 9.17) is 9.47 Å². The normalized spacial score (nSPS) is 12.6. The Labute approximate surface area is 132 Å². The fourth-order valence-electron chi connectivity index (χ4n) is 1.87. The second-order valence-corrected chi connectivity index (χ2v) is 4.82. The summed E-state index contributed by atoms with van der Waals surface area (Å²) < 4.78 is 50.4. The molecule has 0 saturated heterocycles. The van der Waals surface area contributed by atoms with Crippen molar-refractivity contribution in [1.82, 2.24) is 5.32 Å². The highest BCUT2D eigenvalue weighted by atomic mass is 19.4. The molecule has 0 radical (unpaired) electrons. The van der Waals surface area contributed by atoms with Gasteiger partial charge in [-0.1, -0.05) is 6.07 Å². The summed E-state index contributed by atoms with van der Waals surface area (Å²) in [6, 6.07) is 4.88.